The number of hydrogen-bond acceptors (Lipinski definition) is 7. The summed E-state index contributed by atoms with van der Waals surface area (Å²) in [5, 5.41) is 25.4. The van der Waals surface area contributed by atoms with Crippen molar-refractivity contribution in [3.8, 4) is 11.5 Å². The van der Waals surface area contributed by atoms with E-state index in [1.165, 1.54) is 45.0 Å². The summed E-state index contributed by atoms with van der Waals surface area (Å²) >= 11 is 0. The molecule has 0 radical (unpaired) electrons. The molecule has 222 valence electrons. The molecule has 2 aromatic rings. The van der Waals surface area contributed by atoms with Gasteiger partial charge in [0, 0.05) is 17.8 Å². The number of Topliss-reactive ketones (excluding diaryl/α,β-unsaturated/α-hetero) is 1. The van der Waals surface area contributed by atoms with E-state index in [2.05, 4.69) is 20.7 Å². The molecule has 3 atom stereocenters. The van der Waals surface area contributed by atoms with Crippen molar-refractivity contribution < 1.29 is 56.5 Å². The third-order valence-electron chi connectivity index (χ3n) is 5.78. The molecule has 0 saturated heterocycles. The van der Waals surface area contributed by atoms with Gasteiger partial charge in [0.15, 0.2) is 23.2 Å². The van der Waals surface area contributed by atoms with E-state index in [-0.39, 0.29) is 17.5 Å². The zero-order chi connectivity index (χ0) is 31.0. The van der Waals surface area contributed by atoms with Crippen LogP contribution >= 0.6 is 0 Å². The molecule has 11 nitrogen and oxygen atoms in total. The fourth-order valence-electron chi connectivity index (χ4n) is 3.58. The van der Waals surface area contributed by atoms with Crippen LogP contribution in [0.25, 0.3) is 0 Å². The molecule has 0 aliphatic rings. The molecule has 3 amide bonds. The summed E-state index contributed by atoms with van der Waals surface area (Å²) in [5.41, 5.74) is 0.181. The van der Waals surface area contributed by atoms with Gasteiger partial charge in [-0.3, -0.25) is 24.0 Å². The molecule has 0 bridgehead atoms. The topological polar surface area (TPSA) is 171 Å². The first-order valence-corrected chi connectivity index (χ1v) is 12.0. The molecule has 0 aliphatic heterocycles. The van der Waals surface area contributed by atoms with Gasteiger partial charge in [-0.1, -0.05) is 13.8 Å². The van der Waals surface area contributed by atoms with Gasteiger partial charge in [0.1, 0.15) is 18.4 Å². The fourth-order valence-corrected chi connectivity index (χ4v) is 3.58. The quantitative estimate of drug-likeness (QED) is 0.109. The molecule has 0 aliphatic carbocycles. The van der Waals surface area contributed by atoms with Crippen molar-refractivity contribution >= 4 is 35.2 Å². The SMILES string of the molecule is CC(C)C(NC(=O)C(=O)Nc1ccc(O)cc1)C(=O)NC(C)C(CC(=O)O)C(=O)COc1c(F)c(F)cc(F)c1F. The summed E-state index contributed by atoms with van der Waals surface area (Å²) < 4.78 is 59.2. The van der Waals surface area contributed by atoms with Crippen LogP contribution in [0.15, 0.2) is 30.3 Å². The highest BCUT2D eigenvalue weighted by Crippen LogP contribution is 2.27. The van der Waals surface area contributed by atoms with Gasteiger partial charge in [-0.05, 0) is 37.1 Å². The third-order valence-corrected chi connectivity index (χ3v) is 5.78. The molecule has 0 spiro atoms. The number of benzene rings is 2. The number of carbonyl (C=O) groups excluding carboxylic acids is 4. The molecule has 3 unspecified atom stereocenters. The Morgan fingerprint density at radius 2 is 1.44 bits per heavy atom. The number of carboxylic acids is 1. The van der Waals surface area contributed by atoms with Crippen LogP contribution in [-0.4, -0.2) is 58.4 Å². The number of aromatic hydroxyl groups is 1. The smallest absolute Gasteiger partial charge is 0.313 e. The average molecular weight is 586 g/mol. The number of rotatable bonds is 12. The summed E-state index contributed by atoms with van der Waals surface area (Å²) in [6.07, 6.45) is -0.875. The number of nitrogens with one attached hydrogen (secondary N) is 3. The lowest BCUT2D eigenvalue weighted by Crippen LogP contribution is -2.55. The van der Waals surface area contributed by atoms with E-state index in [0.717, 1.165) is 0 Å². The van der Waals surface area contributed by atoms with Gasteiger partial charge < -0.3 is 30.9 Å². The number of anilines is 1. The van der Waals surface area contributed by atoms with Crippen LogP contribution in [0.3, 0.4) is 0 Å². The van der Waals surface area contributed by atoms with E-state index >= 15 is 0 Å². The largest absolute Gasteiger partial charge is 0.508 e. The summed E-state index contributed by atoms with van der Waals surface area (Å²) in [6, 6.07) is 2.54. The molecule has 5 N–H and O–H groups in total. The first-order valence-electron chi connectivity index (χ1n) is 12.0. The van der Waals surface area contributed by atoms with Crippen molar-refractivity contribution in [2.24, 2.45) is 11.8 Å². The molecule has 15 heteroatoms. The van der Waals surface area contributed by atoms with Gasteiger partial charge in [0.25, 0.3) is 0 Å². The van der Waals surface area contributed by atoms with E-state index in [1.807, 2.05) is 0 Å². The van der Waals surface area contributed by atoms with Crippen LogP contribution < -0.4 is 20.7 Å². The van der Waals surface area contributed by atoms with Crippen molar-refractivity contribution in [2.45, 2.75) is 39.3 Å². The van der Waals surface area contributed by atoms with Crippen molar-refractivity contribution in [1.82, 2.24) is 10.6 Å². The highest BCUT2D eigenvalue weighted by molar-refractivity contribution is 6.40. The number of ether oxygens (including phenoxy) is 1. The minimum atomic E-state index is -1.90. The summed E-state index contributed by atoms with van der Waals surface area (Å²) in [4.78, 5) is 61.7. The second-order valence-corrected chi connectivity index (χ2v) is 9.25. The van der Waals surface area contributed by atoms with Crippen LogP contribution in [-0.2, 0) is 24.0 Å². The van der Waals surface area contributed by atoms with Gasteiger partial charge in [0.2, 0.25) is 17.5 Å². The van der Waals surface area contributed by atoms with E-state index in [4.69, 9.17) is 0 Å². The first-order chi connectivity index (χ1) is 19.1. The standard InChI is InChI=1S/C26H27F4N3O8/c1-11(2)22(33-26(40)25(39)32-13-4-6-14(34)7-5-13)24(38)31-12(3)15(8-19(36)37)18(35)10-41-23-20(29)16(27)9-17(28)21(23)30/h4-7,9,11-12,15,22,34H,8,10H2,1-3H3,(H,31,38)(H,32,39)(H,33,40)(H,36,37). The lowest BCUT2D eigenvalue weighted by molar-refractivity contribution is -0.142. The number of carbonyl (C=O) groups is 5. The van der Waals surface area contributed by atoms with Gasteiger partial charge in [0.05, 0.1) is 12.3 Å². The zero-order valence-corrected chi connectivity index (χ0v) is 22.0. The predicted octanol–water partition coefficient (Wildman–Crippen LogP) is 2.27. The summed E-state index contributed by atoms with van der Waals surface area (Å²) in [6.45, 7) is 3.10. The normalized spacial score (nSPS) is 13.1. The van der Waals surface area contributed by atoms with Gasteiger partial charge in [-0.25, -0.2) is 8.78 Å². The van der Waals surface area contributed by atoms with Gasteiger partial charge >= 0.3 is 17.8 Å². The van der Waals surface area contributed by atoms with E-state index in [1.54, 1.807) is 0 Å². The number of halogens is 4. The van der Waals surface area contributed by atoms with Crippen LogP contribution in [0.2, 0.25) is 0 Å². The molecular formula is C26H27F4N3O8. The molecule has 2 rings (SSSR count). The molecule has 0 heterocycles. The van der Waals surface area contributed by atoms with Crippen molar-refractivity contribution in [2.75, 3.05) is 11.9 Å². The van der Waals surface area contributed by atoms with E-state index in [9.17, 15) is 51.7 Å². The second kappa shape index (κ2) is 14.1. The molecule has 0 aromatic heterocycles. The Bertz CT molecular complexity index is 1290. The number of phenols is 1. The summed E-state index contributed by atoms with van der Waals surface area (Å²) in [7, 11) is 0. The van der Waals surface area contributed by atoms with Crippen LogP contribution in [0, 0.1) is 35.1 Å². The van der Waals surface area contributed by atoms with Crippen LogP contribution in [0.4, 0.5) is 23.2 Å². The lowest BCUT2D eigenvalue weighted by Gasteiger charge is -2.27. The lowest BCUT2D eigenvalue weighted by atomic mass is 9.92. The maximum absolute atomic E-state index is 13.9. The number of carboxylic acid groups (broad SMARTS) is 1. The Kier molecular flexibility index (Phi) is 11.2. The highest BCUT2D eigenvalue weighted by Gasteiger charge is 2.33. The Balaban J connectivity index is 2.11. The van der Waals surface area contributed by atoms with Gasteiger partial charge in [-0.15, -0.1) is 0 Å². The van der Waals surface area contributed by atoms with Crippen molar-refractivity contribution in [1.29, 1.82) is 0 Å². The number of hydrogen-bond donors (Lipinski definition) is 5. The Hall–Kier alpha value is -4.69. The monoisotopic (exact) mass is 585 g/mol. The molecule has 0 fully saturated rings. The highest BCUT2D eigenvalue weighted by atomic mass is 19.2. The van der Waals surface area contributed by atoms with Crippen molar-refractivity contribution in [3.05, 3.63) is 53.6 Å². The van der Waals surface area contributed by atoms with E-state index in [0.29, 0.717) is 0 Å². The number of ketones is 1. The van der Waals surface area contributed by atoms with Crippen LogP contribution in [0.1, 0.15) is 27.2 Å². The maximum Gasteiger partial charge on any atom is 0.313 e. The Labute approximate surface area is 230 Å². The maximum atomic E-state index is 13.9. The number of amides is 3. The minimum Gasteiger partial charge on any atom is -0.508 e. The first kappa shape index (κ1) is 32.5. The predicted molar refractivity (Wildman–Crippen MR) is 134 cm³/mol. The third kappa shape index (κ3) is 8.91. The number of aliphatic carboxylic acids is 1. The van der Waals surface area contributed by atoms with Crippen LogP contribution in [0.5, 0.6) is 11.5 Å². The van der Waals surface area contributed by atoms with Gasteiger partial charge in [-0.2, -0.15) is 8.78 Å². The Morgan fingerprint density at radius 1 is 0.878 bits per heavy atom. The fraction of sp³-hybridized carbons (Fsp3) is 0.346. The molecular weight excluding hydrogens is 558 g/mol. The zero-order valence-electron chi connectivity index (χ0n) is 22.0. The minimum absolute atomic E-state index is 0.0644. The second-order valence-electron chi connectivity index (χ2n) is 9.25. The van der Waals surface area contributed by atoms with E-state index < -0.39 is 95.4 Å². The van der Waals surface area contributed by atoms with Crippen molar-refractivity contribution in [3.63, 3.8) is 0 Å². The molecule has 41 heavy (non-hydrogen) atoms. The average Bonchev–Trinajstić information content (AvgIpc) is 2.89. The molecule has 0 saturated carbocycles. The Morgan fingerprint density at radius 3 is 1.95 bits per heavy atom. The number of phenolic OH excluding ortho intramolecular Hbond substituents is 1. The molecule has 2 aromatic carbocycles. The summed E-state index contributed by atoms with van der Waals surface area (Å²) in [5.74, 6) is -16.9.